The molecule has 0 saturated carbocycles. The third-order valence-electron chi connectivity index (χ3n) is 3.94. The van der Waals surface area contributed by atoms with Crippen molar-refractivity contribution in [3.05, 3.63) is 48.5 Å². The second-order valence-electron chi connectivity index (χ2n) is 8.13. The van der Waals surface area contributed by atoms with Gasteiger partial charge in [0.05, 0.1) is 13.0 Å². The molecule has 30 heavy (non-hydrogen) atoms. The van der Waals surface area contributed by atoms with E-state index in [0.717, 1.165) is 24.4 Å². The number of anilines is 2. The van der Waals surface area contributed by atoms with E-state index >= 15 is 0 Å². The number of rotatable bonds is 8. The van der Waals surface area contributed by atoms with Crippen LogP contribution in [0.2, 0.25) is 0 Å². The zero-order valence-corrected chi connectivity index (χ0v) is 17.5. The zero-order chi connectivity index (χ0) is 22.4. The van der Waals surface area contributed by atoms with Crippen LogP contribution in [0.5, 0.6) is 11.5 Å². The number of carbonyl (C=O) groups excluding carboxylic acids is 1. The topological polar surface area (TPSA) is 50.8 Å². The standard InChI is InChI=1S/C22H27F3N2O3/c1-21(2,3)15-27(4)17-8-10-18(11-9-17)29-13-12-20(28)26-16-6-5-7-19(14-16)30-22(23,24)25/h5-11,14H,12-13,15H2,1-4H3,(H,26,28). The molecule has 0 unspecified atom stereocenters. The fourth-order valence-corrected chi connectivity index (χ4v) is 2.86. The summed E-state index contributed by atoms with van der Waals surface area (Å²) in [7, 11) is 2.03. The van der Waals surface area contributed by atoms with Crippen molar-refractivity contribution >= 4 is 17.3 Å². The first-order valence-electron chi connectivity index (χ1n) is 9.51. The highest BCUT2D eigenvalue weighted by Crippen LogP contribution is 2.25. The van der Waals surface area contributed by atoms with Gasteiger partial charge in [0.2, 0.25) is 5.91 Å². The number of ether oxygens (including phenoxy) is 2. The number of hydrogen-bond acceptors (Lipinski definition) is 4. The number of nitrogens with zero attached hydrogens (tertiary/aromatic N) is 1. The van der Waals surface area contributed by atoms with Gasteiger partial charge >= 0.3 is 6.36 Å². The lowest BCUT2D eigenvalue weighted by Gasteiger charge is -2.28. The number of alkyl halides is 3. The van der Waals surface area contributed by atoms with Crippen molar-refractivity contribution in [2.75, 3.05) is 30.4 Å². The van der Waals surface area contributed by atoms with E-state index < -0.39 is 12.1 Å². The maximum absolute atomic E-state index is 12.3. The number of carbonyl (C=O) groups is 1. The normalized spacial score (nSPS) is 11.7. The predicted octanol–water partition coefficient (Wildman–Crippen LogP) is 5.48. The Hall–Kier alpha value is -2.90. The molecule has 1 N–H and O–H groups in total. The van der Waals surface area contributed by atoms with Crippen LogP contribution in [-0.4, -0.2) is 32.5 Å². The highest BCUT2D eigenvalue weighted by atomic mass is 19.4. The smallest absolute Gasteiger partial charge is 0.493 e. The Labute approximate surface area is 174 Å². The number of benzene rings is 2. The fraction of sp³-hybridized carbons (Fsp3) is 0.409. The molecule has 0 heterocycles. The number of halogens is 3. The van der Waals surface area contributed by atoms with E-state index in [1.165, 1.54) is 12.1 Å². The Morgan fingerprint density at radius 2 is 1.70 bits per heavy atom. The molecule has 1 amide bonds. The van der Waals surface area contributed by atoms with Crippen molar-refractivity contribution in [1.29, 1.82) is 0 Å². The van der Waals surface area contributed by atoms with Crippen LogP contribution in [0.4, 0.5) is 24.5 Å². The third-order valence-corrected chi connectivity index (χ3v) is 3.94. The Morgan fingerprint density at radius 3 is 2.30 bits per heavy atom. The molecule has 0 bridgehead atoms. The van der Waals surface area contributed by atoms with Crippen molar-refractivity contribution in [2.45, 2.75) is 33.6 Å². The Balaban J connectivity index is 1.80. The van der Waals surface area contributed by atoms with E-state index in [1.807, 2.05) is 31.3 Å². The Bertz CT molecular complexity index is 831. The molecule has 2 aromatic carbocycles. The Kier molecular flexibility index (Phi) is 7.59. The SMILES string of the molecule is CN(CC(C)(C)C)c1ccc(OCCC(=O)Nc2cccc(OC(F)(F)F)c2)cc1. The highest BCUT2D eigenvalue weighted by molar-refractivity contribution is 5.90. The second-order valence-corrected chi connectivity index (χ2v) is 8.13. The largest absolute Gasteiger partial charge is 0.573 e. The average Bonchev–Trinajstić information content (AvgIpc) is 2.59. The fourth-order valence-electron chi connectivity index (χ4n) is 2.86. The number of amides is 1. The summed E-state index contributed by atoms with van der Waals surface area (Å²) in [6.45, 7) is 7.56. The summed E-state index contributed by atoms with van der Waals surface area (Å²) in [5.41, 5.74) is 1.46. The monoisotopic (exact) mass is 424 g/mol. The summed E-state index contributed by atoms with van der Waals surface area (Å²) in [5.74, 6) is -0.134. The molecule has 0 fully saturated rings. The van der Waals surface area contributed by atoms with Gasteiger partial charge in [0, 0.05) is 31.0 Å². The van der Waals surface area contributed by atoms with Gasteiger partial charge in [-0.05, 0) is 41.8 Å². The quantitative estimate of drug-likeness (QED) is 0.610. The average molecular weight is 424 g/mol. The summed E-state index contributed by atoms with van der Waals surface area (Å²) in [6, 6.07) is 12.7. The molecule has 0 aromatic heterocycles. The van der Waals surface area contributed by atoms with E-state index in [1.54, 1.807) is 0 Å². The first kappa shape index (κ1) is 23.4. The van der Waals surface area contributed by atoms with Gasteiger partial charge in [0.1, 0.15) is 11.5 Å². The van der Waals surface area contributed by atoms with Gasteiger partial charge in [0.25, 0.3) is 0 Å². The van der Waals surface area contributed by atoms with Gasteiger partial charge in [0.15, 0.2) is 0 Å². The lowest BCUT2D eigenvalue weighted by Crippen LogP contribution is -2.28. The maximum Gasteiger partial charge on any atom is 0.573 e. The van der Waals surface area contributed by atoms with Crippen LogP contribution < -0.4 is 19.7 Å². The summed E-state index contributed by atoms with van der Waals surface area (Å²) in [5, 5.41) is 2.53. The molecule has 8 heteroatoms. The van der Waals surface area contributed by atoms with E-state index in [9.17, 15) is 18.0 Å². The van der Waals surface area contributed by atoms with E-state index in [4.69, 9.17) is 4.74 Å². The summed E-state index contributed by atoms with van der Waals surface area (Å²) in [4.78, 5) is 14.2. The third kappa shape index (κ3) is 8.63. The van der Waals surface area contributed by atoms with Crippen molar-refractivity contribution < 1.29 is 27.4 Å². The number of nitrogens with one attached hydrogen (secondary N) is 1. The van der Waals surface area contributed by atoms with E-state index in [2.05, 4.69) is 35.7 Å². The molecule has 0 radical (unpaired) electrons. The molecule has 0 aliphatic rings. The molecule has 2 aromatic rings. The molecule has 0 aliphatic heterocycles. The minimum atomic E-state index is -4.78. The molecule has 2 rings (SSSR count). The minimum absolute atomic E-state index is 0.0516. The van der Waals surface area contributed by atoms with Gasteiger partial charge in [-0.25, -0.2) is 0 Å². The molecule has 0 spiro atoms. The maximum atomic E-state index is 12.3. The molecule has 0 aliphatic carbocycles. The van der Waals surface area contributed by atoms with Gasteiger partial charge < -0.3 is 19.7 Å². The Morgan fingerprint density at radius 1 is 1.03 bits per heavy atom. The molecular formula is C22H27F3N2O3. The van der Waals surface area contributed by atoms with Crippen molar-refractivity contribution in [1.82, 2.24) is 0 Å². The lowest BCUT2D eigenvalue weighted by molar-refractivity contribution is -0.274. The van der Waals surface area contributed by atoms with Crippen LogP contribution in [0, 0.1) is 5.41 Å². The van der Waals surface area contributed by atoms with Gasteiger partial charge in [-0.3, -0.25) is 4.79 Å². The molecule has 0 saturated heterocycles. The summed E-state index contributed by atoms with van der Waals surface area (Å²) >= 11 is 0. The van der Waals surface area contributed by atoms with E-state index in [0.29, 0.717) is 5.75 Å². The van der Waals surface area contributed by atoms with Crippen molar-refractivity contribution in [2.24, 2.45) is 5.41 Å². The minimum Gasteiger partial charge on any atom is -0.493 e. The number of hydrogen-bond donors (Lipinski definition) is 1. The summed E-state index contributed by atoms with van der Waals surface area (Å²) < 4.78 is 46.3. The summed E-state index contributed by atoms with van der Waals surface area (Å²) in [6.07, 6.45) is -4.73. The lowest BCUT2D eigenvalue weighted by atomic mass is 9.96. The predicted molar refractivity (Wildman–Crippen MR) is 111 cm³/mol. The molecule has 5 nitrogen and oxygen atoms in total. The van der Waals surface area contributed by atoms with Crippen molar-refractivity contribution in [3.8, 4) is 11.5 Å². The van der Waals surface area contributed by atoms with Crippen LogP contribution in [-0.2, 0) is 4.79 Å². The first-order valence-corrected chi connectivity index (χ1v) is 9.51. The van der Waals surface area contributed by atoms with Gasteiger partial charge in [-0.15, -0.1) is 13.2 Å². The van der Waals surface area contributed by atoms with E-state index in [-0.39, 0.29) is 30.0 Å². The van der Waals surface area contributed by atoms with Crippen LogP contribution in [0.15, 0.2) is 48.5 Å². The molecule has 164 valence electrons. The van der Waals surface area contributed by atoms with Gasteiger partial charge in [-0.2, -0.15) is 0 Å². The van der Waals surface area contributed by atoms with Crippen LogP contribution in [0.25, 0.3) is 0 Å². The highest BCUT2D eigenvalue weighted by Gasteiger charge is 2.31. The van der Waals surface area contributed by atoms with Crippen LogP contribution in [0.3, 0.4) is 0 Å². The molecule has 0 atom stereocenters. The first-order chi connectivity index (χ1) is 13.9. The van der Waals surface area contributed by atoms with Crippen molar-refractivity contribution in [3.63, 3.8) is 0 Å². The van der Waals surface area contributed by atoms with Crippen LogP contribution >= 0.6 is 0 Å². The zero-order valence-electron chi connectivity index (χ0n) is 17.5. The second kappa shape index (κ2) is 9.73. The van der Waals surface area contributed by atoms with Gasteiger partial charge in [-0.1, -0.05) is 26.8 Å². The van der Waals surface area contributed by atoms with Crippen LogP contribution in [0.1, 0.15) is 27.2 Å². The molecular weight excluding hydrogens is 397 g/mol.